The maximum absolute atomic E-state index is 11.6. The molecule has 0 aliphatic carbocycles. The lowest BCUT2D eigenvalue weighted by Crippen LogP contribution is -2.44. The molecule has 0 radical (unpaired) electrons. The first-order chi connectivity index (χ1) is 11.2. The van der Waals surface area contributed by atoms with Crippen LogP contribution >= 0.6 is 0 Å². The number of alkyl carbamates (subject to hydrolysis) is 1. The van der Waals surface area contributed by atoms with Crippen molar-refractivity contribution >= 4 is 12.1 Å². The third kappa shape index (κ3) is 7.82. The Bertz CT molecular complexity index is 535. The summed E-state index contributed by atoms with van der Waals surface area (Å²) in [4.78, 5) is 22.8. The number of carboxylic acid groups (broad SMARTS) is 1. The third-order valence-electron chi connectivity index (χ3n) is 2.97. The SMILES string of the molecule is COc1ccc(COCCC(NC(=O)OC(C)(C)C)C(=O)O)cc1. The molecule has 0 fully saturated rings. The van der Waals surface area contributed by atoms with Gasteiger partial charge < -0.3 is 24.6 Å². The van der Waals surface area contributed by atoms with Gasteiger partial charge in [-0.25, -0.2) is 9.59 Å². The van der Waals surface area contributed by atoms with Crippen LogP contribution < -0.4 is 10.1 Å². The molecule has 1 aromatic rings. The van der Waals surface area contributed by atoms with Crippen LogP contribution in [-0.4, -0.2) is 42.5 Å². The van der Waals surface area contributed by atoms with E-state index in [2.05, 4.69) is 5.32 Å². The predicted octanol–water partition coefficient (Wildman–Crippen LogP) is 2.58. The van der Waals surface area contributed by atoms with Crippen molar-refractivity contribution in [2.45, 2.75) is 45.4 Å². The van der Waals surface area contributed by atoms with Gasteiger partial charge in [-0.1, -0.05) is 12.1 Å². The molecule has 0 heterocycles. The summed E-state index contributed by atoms with van der Waals surface area (Å²) in [5.74, 6) is -0.375. The quantitative estimate of drug-likeness (QED) is 0.707. The van der Waals surface area contributed by atoms with Crippen LogP contribution in [0.3, 0.4) is 0 Å². The van der Waals surface area contributed by atoms with Gasteiger partial charge in [-0.3, -0.25) is 0 Å². The number of aliphatic carboxylic acids is 1. The molecule has 1 rings (SSSR count). The minimum Gasteiger partial charge on any atom is -0.497 e. The van der Waals surface area contributed by atoms with Gasteiger partial charge in [-0.05, 0) is 38.5 Å². The standard InChI is InChI=1S/C17H25NO6/c1-17(2,3)24-16(21)18-14(15(19)20)9-10-23-11-12-5-7-13(22-4)8-6-12/h5-8,14H,9-11H2,1-4H3,(H,18,21)(H,19,20). The number of hydrogen-bond donors (Lipinski definition) is 2. The summed E-state index contributed by atoms with van der Waals surface area (Å²) in [6.45, 7) is 5.67. The first-order valence-corrected chi connectivity index (χ1v) is 7.64. The van der Waals surface area contributed by atoms with Crippen LogP contribution in [0.1, 0.15) is 32.8 Å². The van der Waals surface area contributed by atoms with Gasteiger partial charge in [0.05, 0.1) is 13.7 Å². The van der Waals surface area contributed by atoms with Crippen molar-refractivity contribution in [1.29, 1.82) is 0 Å². The highest BCUT2D eigenvalue weighted by molar-refractivity contribution is 5.79. The average Bonchev–Trinajstić information content (AvgIpc) is 2.48. The number of carbonyl (C=O) groups is 2. The summed E-state index contributed by atoms with van der Waals surface area (Å²) in [5, 5.41) is 11.5. The second-order valence-corrected chi connectivity index (χ2v) is 6.23. The van der Waals surface area contributed by atoms with Crippen LogP contribution in [-0.2, 0) is 20.9 Å². The Balaban J connectivity index is 2.38. The first kappa shape index (κ1) is 19.8. The van der Waals surface area contributed by atoms with E-state index in [1.165, 1.54) is 0 Å². The molecule has 2 N–H and O–H groups in total. The van der Waals surface area contributed by atoms with Gasteiger partial charge in [0.25, 0.3) is 0 Å². The largest absolute Gasteiger partial charge is 0.497 e. The Morgan fingerprint density at radius 3 is 2.33 bits per heavy atom. The van der Waals surface area contributed by atoms with Crippen LogP contribution in [0.2, 0.25) is 0 Å². The summed E-state index contributed by atoms with van der Waals surface area (Å²) in [7, 11) is 1.59. The zero-order valence-corrected chi connectivity index (χ0v) is 14.5. The molecule has 24 heavy (non-hydrogen) atoms. The molecule has 0 saturated heterocycles. The molecule has 7 nitrogen and oxygen atoms in total. The first-order valence-electron chi connectivity index (χ1n) is 7.64. The highest BCUT2D eigenvalue weighted by Gasteiger charge is 2.23. The Labute approximate surface area is 141 Å². The summed E-state index contributed by atoms with van der Waals surface area (Å²) < 4.78 is 15.6. The Morgan fingerprint density at radius 2 is 1.83 bits per heavy atom. The van der Waals surface area contributed by atoms with Crippen molar-refractivity contribution in [2.24, 2.45) is 0 Å². The lowest BCUT2D eigenvalue weighted by atomic mass is 10.2. The van der Waals surface area contributed by atoms with E-state index in [0.29, 0.717) is 6.61 Å². The zero-order valence-electron chi connectivity index (χ0n) is 14.5. The van der Waals surface area contributed by atoms with Gasteiger partial charge in [0.1, 0.15) is 17.4 Å². The van der Waals surface area contributed by atoms with E-state index in [-0.39, 0.29) is 13.0 Å². The number of carboxylic acids is 1. The number of benzene rings is 1. The normalized spacial score (nSPS) is 12.3. The minimum atomic E-state index is -1.13. The van der Waals surface area contributed by atoms with Crippen molar-refractivity contribution in [2.75, 3.05) is 13.7 Å². The Morgan fingerprint density at radius 1 is 1.21 bits per heavy atom. The van der Waals surface area contributed by atoms with Gasteiger partial charge in [0.15, 0.2) is 0 Å². The molecular weight excluding hydrogens is 314 g/mol. The van der Waals surface area contributed by atoms with Gasteiger partial charge in [-0.2, -0.15) is 0 Å². The van der Waals surface area contributed by atoms with Crippen LogP contribution in [0.4, 0.5) is 4.79 Å². The summed E-state index contributed by atoms with van der Waals surface area (Å²) in [6.07, 6.45) is -0.616. The lowest BCUT2D eigenvalue weighted by molar-refractivity contribution is -0.140. The lowest BCUT2D eigenvalue weighted by Gasteiger charge is -2.22. The zero-order chi connectivity index (χ0) is 18.2. The van der Waals surface area contributed by atoms with Crippen LogP contribution in [0.25, 0.3) is 0 Å². The number of amides is 1. The summed E-state index contributed by atoms with van der Waals surface area (Å²) in [5.41, 5.74) is 0.264. The molecule has 134 valence electrons. The third-order valence-corrected chi connectivity index (χ3v) is 2.97. The van der Waals surface area contributed by atoms with E-state index in [1.54, 1.807) is 27.9 Å². The number of carbonyl (C=O) groups excluding carboxylic acids is 1. The maximum atomic E-state index is 11.6. The fraction of sp³-hybridized carbons (Fsp3) is 0.529. The van der Waals surface area contributed by atoms with E-state index < -0.39 is 23.7 Å². The fourth-order valence-corrected chi connectivity index (χ4v) is 1.82. The summed E-state index contributed by atoms with van der Waals surface area (Å²) in [6, 6.07) is 6.32. The molecule has 0 aliphatic rings. The summed E-state index contributed by atoms with van der Waals surface area (Å²) >= 11 is 0. The fourth-order valence-electron chi connectivity index (χ4n) is 1.82. The Hall–Kier alpha value is -2.28. The van der Waals surface area contributed by atoms with Gasteiger partial charge in [0.2, 0.25) is 0 Å². The molecule has 0 saturated carbocycles. The minimum absolute atomic E-state index is 0.144. The number of rotatable bonds is 8. The molecule has 1 unspecified atom stereocenters. The van der Waals surface area contributed by atoms with E-state index >= 15 is 0 Å². The number of methoxy groups -OCH3 is 1. The van der Waals surface area contributed by atoms with Crippen molar-refractivity contribution in [3.05, 3.63) is 29.8 Å². The van der Waals surface area contributed by atoms with Gasteiger partial charge >= 0.3 is 12.1 Å². The van der Waals surface area contributed by atoms with Crippen molar-refractivity contribution in [1.82, 2.24) is 5.32 Å². The van der Waals surface area contributed by atoms with Crippen LogP contribution in [0.15, 0.2) is 24.3 Å². The van der Waals surface area contributed by atoms with Gasteiger partial charge in [0, 0.05) is 13.0 Å². The van der Waals surface area contributed by atoms with Crippen molar-refractivity contribution < 1.29 is 28.9 Å². The smallest absolute Gasteiger partial charge is 0.408 e. The topological polar surface area (TPSA) is 94.1 Å². The van der Waals surface area contributed by atoms with E-state index in [0.717, 1.165) is 11.3 Å². The number of nitrogens with one attached hydrogen (secondary N) is 1. The molecule has 1 atom stereocenters. The molecule has 0 spiro atoms. The molecule has 0 bridgehead atoms. The highest BCUT2D eigenvalue weighted by Crippen LogP contribution is 2.12. The molecular formula is C17H25NO6. The predicted molar refractivity (Wildman–Crippen MR) is 88.1 cm³/mol. The van der Waals surface area contributed by atoms with Crippen molar-refractivity contribution in [3.8, 4) is 5.75 Å². The van der Waals surface area contributed by atoms with Crippen LogP contribution in [0, 0.1) is 0 Å². The molecule has 7 heteroatoms. The van der Waals surface area contributed by atoms with E-state index in [4.69, 9.17) is 19.3 Å². The maximum Gasteiger partial charge on any atom is 0.408 e. The van der Waals surface area contributed by atoms with Gasteiger partial charge in [-0.15, -0.1) is 0 Å². The Kier molecular flexibility index (Phi) is 7.51. The molecule has 1 amide bonds. The number of ether oxygens (including phenoxy) is 3. The monoisotopic (exact) mass is 339 g/mol. The van der Waals surface area contributed by atoms with E-state index in [9.17, 15) is 9.59 Å². The second-order valence-electron chi connectivity index (χ2n) is 6.23. The average molecular weight is 339 g/mol. The van der Waals surface area contributed by atoms with E-state index in [1.807, 2.05) is 24.3 Å². The second kappa shape index (κ2) is 9.12. The molecule has 1 aromatic carbocycles. The van der Waals surface area contributed by atoms with Crippen LogP contribution in [0.5, 0.6) is 5.75 Å². The molecule has 0 aromatic heterocycles. The highest BCUT2D eigenvalue weighted by atomic mass is 16.6. The van der Waals surface area contributed by atoms with Crippen molar-refractivity contribution in [3.63, 3.8) is 0 Å². The number of hydrogen-bond acceptors (Lipinski definition) is 5. The molecule has 0 aliphatic heterocycles.